The standard InChI is InChI=1S/C19H23NO3/c1-4-14-8-6-7-9-17(14)20-19(21)18(5-2)23-16-12-10-15(22-3)11-13-16/h6-13,18H,4-5H2,1-3H3,(H,20,21)/t18-/m1/s1. The highest BCUT2D eigenvalue weighted by molar-refractivity contribution is 5.95. The molecule has 0 spiro atoms. The van der Waals surface area contributed by atoms with Crippen molar-refractivity contribution in [2.24, 2.45) is 0 Å². The predicted octanol–water partition coefficient (Wildman–Crippen LogP) is 4.05. The normalized spacial score (nSPS) is 11.6. The van der Waals surface area contributed by atoms with Gasteiger partial charge in [-0.15, -0.1) is 0 Å². The van der Waals surface area contributed by atoms with Crippen molar-refractivity contribution in [2.75, 3.05) is 12.4 Å². The second-order valence-electron chi connectivity index (χ2n) is 5.19. The zero-order valence-electron chi connectivity index (χ0n) is 13.8. The molecule has 0 fully saturated rings. The molecule has 1 N–H and O–H groups in total. The molecule has 2 aromatic rings. The minimum Gasteiger partial charge on any atom is -0.497 e. The van der Waals surface area contributed by atoms with Crippen molar-refractivity contribution in [3.8, 4) is 11.5 Å². The zero-order chi connectivity index (χ0) is 16.7. The Bertz CT molecular complexity index is 637. The van der Waals surface area contributed by atoms with Crippen molar-refractivity contribution in [1.29, 1.82) is 0 Å². The van der Waals surface area contributed by atoms with Gasteiger partial charge < -0.3 is 14.8 Å². The number of methoxy groups -OCH3 is 1. The maximum Gasteiger partial charge on any atom is 0.265 e. The fraction of sp³-hybridized carbons (Fsp3) is 0.316. The van der Waals surface area contributed by atoms with Crippen LogP contribution in [-0.2, 0) is 11.2 Å². The van der Waals surface area contributed by atoms with Gasteiger partial charge in [0, 0.05) is 5.69 Å². The van der Waals surface area contributed by atoms with E-state index in [0.717, 1.165) is 23.4 Å². The van der Waals surface area contributed by atoms with Gasteiger partial charge in [-0.2, -0.15) is 0 Å². The van der Waals surface area contributed by atoms with Crippen molar-refractivity contribution in [2.45, 2.75) is 32.8 Å². The number of nitrogens with one attached hydrogen (secondary N) is 1. The van der Waals surface area contributed by atoms with E-state index in [1.54, 1.807) is 19.2 Å². The number of ether oxygens (including phenoxy) is 2. The molecule has 4 nitrogen and oxygen atoms in total. The van der Waals surface area contributed by atoms with Crippen LogP contribution in [0.2, 0.25) is 0 Å². The van der Waals surface area contributed by atoms with Crippen molar-refractivity contribution in [1.82, 2.24) is 0 Å². The molecular weight excluding hydrogens is 290 g/mol. The van der Waals surface area contributed by atoms with Crippen molar-refractivity contribution in [3.63, 3.8) is 0 Å². The van der Waals surface area contributed by atoms with Gasteiger partial charge in [0.1, 0.15) is 11.5 Å². The lowest BCUT2D eigenvalue weighted by Gasteiger charge is -2.18. The van der Waals surface area contributed by atoms with E-state index in [4.69, 9.17) is 9.47 Å². The maximum absolute atomic E-state index is 12.5. The van der Waals surface area contributed by atoms with Crippen LogP contribution in [0.1, 0.15) is 25.8 Å². The van der Waals surface area contributed by atoms with Crippen LogP contribution in [-0.4, -0.2) is 19.1 Å². The molecule has 0 heterocycles. The summed E-state index contributed by atoms with van der Waals surface area (Å²) < 4.78 is 10.9. The summed E-state index contributed by atoms with van der Waals surface area (Å²) in [6.45, 7) is 4.00. The molecule has 122 valence electrons. The molecular formula is C19H23NO3. The molecule has 0 aromatic heterocycles. The number of para-hydroxylation sites is 1. The first-order chi connectivity index (χ1) is 11.2. The molecule has 1 atom stereocenters. The van der Waals surface area contributed by atoms with Gasteiger partial charge >= 0.3 is 0 Å². The summed E-state index contributed by atoms with van der Waals surface area (Å²) >= 11 is 0. The topological polar surface area (TPSA) is 47.6 Å². The number of benzene rings is 2. The van der Waals surface area contributed by atoms with E-state index in [1.807, 2.05) is 43.3 Å². The Kier molecular flexibility index (Phi) is 6.03. The van der Waals surface area contributed by atoms with E-state index in [-0.39, 0.29) is 5.91 Å². The van der Waals surface area contributed by atoms with Gasteiger partial charge in [-0.3, -0.25) is 4.79 Å². The Morgan fingerprint density at radius 2 is 1.70 bits per heavy atom. The van der Waals surface area contributed by atoms with Crippen LogP contribution in [0.3, 0.4) is 0 Å². The lowest BCUT2D eigenvalue weighted by Crippen LogP contribution is -2.32. The lowest BCUT2D eigenvalue weighted by atomic mass is 10.1. The van der Waals surface area contributed by atoms with Gasteiger partial charge in [-0.1, -0.05) is 32.0 Å². The van der Waals surface area contributed by atoms with Crippen LogP contribution in [0.5, 0.6) is 11.5 Å². The van der Waals surface area contributed by atoms with Gasteiger partial charge in [0.25, 0.3) is 5.91 Å². The molecule has 23 heavy (non-hydrogen) atoms. The molecule has 2 aromatic carbocycles. The number of aryl methyl sites for hydroxylation is 1. The zero-order valence-corrected chi connectivity index (χ0v) is 13.8. The number of anilines is 1. The first kappa shape index (κ1) is 16.9. The number of hydrogen-bond acceptors (Lipinski definition) is 3. The second-order valence-corrected chi connectivity index (χ2v) is 5.19. The largest absolute Gasteiger partial charge is 0.497 e. The summed E-state index contributed by atoms with van der Waals surface area (Å²) in [6, 6.07) is 15.0. The predicted molar refractivity (Wildman–Crippen MR) is 92.2 cm³/mol. The van der Waals surface area contributed by atoms with Gasteiger partial charge in [-0.05, 0) is 48.7 Å². The highest BCUT2D eigenvalue weighted by Crippen LogP contribution is 2.20. The highest BCUT2D eigenvalue weighted by atomic mass is 16.5. The molecule has 0 aliphatic heterocycles. The molecule has 0 unspecified atom stereocenters. The van der Waals surface area contributed by atoms with Gasteiger partial charge in [0.15, 0.2) is 6.10 Å². The Hall–Kier alpha value is -2.49. The monoisotopic (exact) mass is 313 g/mol. The fourth-order valence-electron chi connectivity index (χ4n) is 2.30. The summed E-state index contributed by atoms with van der Waals surface area (Å²) in [5.74, 6) is 1.27. The number of amides is 1. The molecule has 0 saturated heterocycles. The fourth-order valence-corrected chi connectivity index (χ4v) is 2.30. The first-order valence-electron chi connectivity index (χ1n) is 7.87. The quantitative estimate of drug-likeness (QED) is 0.838. The van der Waals surface area contributed by atoms with E-state index in [0.29, 0.717) is 12.2 Å². The van der Waals surface area contributed by atoms with Crippen molar-refractivity contribution < 1.29 is 14.3 Å². The van der Waals surface area contributed by atoms with E-state index in [1.165, 1.54) is 0 Å². The molecule has 0 radical (unpaired) electrons. The number of carbonyl (C=O) groups excluding carboxylic acids is 1. The third-order valence-electron chi connectivity index (χ3n) is 3.66. The van der Waals surface area contributed by atoms with E-state index in [9.17, 15) is 4.79 Å². The molecule has 0 aliphatic carbocycles. The molecule has 2 rings (SSSR count). The van der Waals surface area contributed by atoms with Gasteiger partial charge in [-0.25, -0.2) is 0 Å². The summed E-state index contributed by atoms with van der Waals surface area (Å²) in [7, 11) is 1.61. The van der Waals surface area contributed by atoms with Crippen molar-refractivity contribution >= 4 is 11.6 Å². The van der Waals surface area contributed by atoms with E-state index < -0.39 is 6.10 Å². The second kappa shape index (κ2) is 8.22. The number of carbonyl (C=O) groups is 1. The number of rotatable bonds is 7. The van der Waals surface area contributed by atoms with Gasteiger partial charge in [0.2, 0.25) is 0 Å². The minimum atomic E-state index is -0.534. The molecule has 0 aliphatic rings. The minimum absolute atomic E-state index is 0.135. The Morgan fingerprint density at radius 1 is 1.04 bits per heavy atom. The Balaban J connectivity index is 2.05. The van der Waals surface area contributed by atoms with Gasteiger partial charge in [0.05, 0.1) is 7.11 Å². The van der Waals surface area contributed by atoms with Crippen LogP contribution in [0, 0.1) is 0 Å². The van der Waals surface area contributed by atoms with Crippen LogP contribution >= 0.6 is 0 Å². The average Bonchev–Trinajstić information content (AvgIpc) is 2.60. The highest BCUT2D eigenvalue weighted by Gasteiger charge is 2.19. The molecule has 0 bridgehead atoms. The lowest BCUT2D eigenvalue weighted by molar-refractivity contribution is -0.122. The summed E-state index contributed by atoms with van der Waals surface area (Å²) in [5, 5.41) is 2.97. The maximum atomic E-state index is 12.5. The summed E-state index contributed by atoms with van der Waals surface area (Å²) in [4.78, 5) is 12.5. The smallest absolute Gasteiger partial charge is 0.265 e. The molecule has 0 saturated carbocycles. The third-order valence-corrected chi connectivity index (χ3v) is 3.66. The first-order valence-corrected chi connectivity index (χ1v) is 7.87. The number of hydrogen-bond donors (Lipinski definition) is 1. The summed E-state index contributed by atoms with van der Waals surface area (Å²) in [6.07, 6.45) is 0.923. The van der Waals surface area contributed by atoms with Crippen LogP contribution in [0.15, 0.2) is 48.5 Å². The van der Waals surface area contributed by atoms with E-state index in [2.05, 4.69) is 12.2 Å². The Morgan fingerprint density at radius 3 is 2.30 bits per heavy atom. The molecule has 1 amide bonds. The third kappa shape index (κ3) is 4.49. The van der Waals surface area contributed by atoms with Crippen LogP contribution in [0.25, 0.3) is 0 Å². The molecule has 4 heteroatoms. The van der Waals surface area contributed by atoms with Crippen LogP contribution < -0.4 is 14.8 Å². The van der Waals surface area contributed by atoms with E-state index >= 15 is 0 Å². The average molecular weight is 313 g/mol. The SMILES string of the molecule is CCc1ccccc1NC(=O)[C@@H](CC)Oc1ccc(OC)cc1. The Labute approximate surface area is 137 Å². The van der Waals surface area contributed by atoms with Crippen molar-refractivity contribution in [3.05, 3.63) is 54.1 Å². The summed E-state index contributed by atoms with van der Waals surface area (Å²) in [5.41, 5.74) is 1.96. The van der Waals surface area contributed by atoms with Crippen LogP contribution in [0.4, 0.5) is 5.69 Å².